The van der Waals surface area contributed by atoms with E-state index in [0.29, 0.717) is 13.1 Å². The number of nitrogens with one attached hydrogen (secondary N) is 1. The van der Waals surface area contributed by atoms with Crippen molar-refractivity contribution in [1.82, 2.24) is 10.2 Å². The number of amides is 1. The number of carbonyl (C=O) groups excluding carboxylic acids is 1. The second-order valence-corrected chi connectivity index (χ2v) is 4.18. The van der Waals surface area contributed by atoms with E-state index in [4.69, 9.17) is 0 Å². The lowest BCUT2D eigenvalue weighted by molar-refractivity contribution is -0.131. The third kappa shape index (κ3) is 2.58. The lowest BCUT2D eigenvalue weighted by atomic mass is 10.0. The highest BCUT2D eigenvalue weighted by atomic mass is 19.1. The Morgan fingerprint density at radius 3 is 2.75 bits per heavy atom. The summed E-state index contributed by atoms with van der Waals surface area (Å²) in [6.45, 7) is 1.10. The van der Waals surface area contributed by atoms with Gasteiger partial charge in [0.2, 0.25) is 5.91 Å². The minimum Gasteiger partial charge on any atom is -0.343 e. The highest BCUT2D eigenvalue weighted by molar-refractivity contribution is 5.78. The van der Waals surface area contributed by atoms with Crippen LogP contribution in [0.3, 0.4) is 0 Å². The van der Waals surface area contributed by atoms with E-state index in [1.807, 2.05) is 0 Å². The van der Waals surface area contributed by atoms with Gasteiger partial charge in [-0.2, -0.15) is 0 Å². The fourth-order valence-corrected chi connectivity index (χ4v) is 1.91. The molecule has 4 heteroatoms. The Balaban J connectivity index is 1.95. The summed E-state index contributed by atoms with van der Waals surface area (Å²) in [5.41, 5.74) is 1.08. The molecule has 0 spiro atoms. The minimum atomic E-state index is -0.215. The summed E-state index contributed by atoms with van der Waals surface area (Å²) in [4.78, 5) is 13.0. The van der Waals surface area contributed by atoms with E-state index >= 15 is 0 Å². The van der Waals surface area contributed by atoms with Crippen molar-refractivity contribution < 1.29 is 9.18 Å². The van der Waals surface area contributed by atoms with Gasteiger partial charge in [0, 0.05) is 19.6 Å². The second kappa shape index (κ2) is 4.61. The standard InChI is InChI=1S/C12H15FN2O/c1-15-8-11(14-7-12(15)16)6-9-2-4-10(13)5-3-9/h2-5,11,14H,6-8H2,1H3. The van der Waals surface area contributed by atoms with E-state index in [9.17, 15) is 9.18 Å². The van der Waals surface area contributed by atoms with E-state index < -0.39 is 0 Å². The van der Waals surface area contributed by atoms with Crippen LogP contribution in [0.4, 0.5) is 4.39 Å². The molecule has 1 aromatic rings. The summed E-state index contributed by atoms with van der Waals surface area (Å²) < 4.78 is 12.7. The Morgan fingerprint density at radius 2 is 2.12 bits per heavy atom. The van der Waals surface area contributed by atoms with Gasteiger partial charge >= 0.3 is 0 Å². The first-order valence-electron chi connectivity index (χ1n) is 5.37. The topological polar surface area (TPSA) is 32.3 Å². The molecule has 16 heavy (non-hydrogen) atoms. The molecule has 1 N–H and O–H groups in total. The van der Waals surface area contributed by atoms with Gasteiger partial charge in [-0.15, -0.1) is 0 Å². The monoisotopic (exact) mass is 222 g/mol. The summed E-state index contributed by atoms with van der Waals surface area (Å²) in [6, 6.07) is 6.76. The van der Waals surface area contributed by atoms with Crippen molar-refractivity contribution in [3.05, 3.63) is 35.6 Å². The molecule has 0 aromatic heterocycles. The van der Waals surface area contributed by atoms with Crippen LogP contribution in [0, 0.1) is 5.82 Å². The SMILES string of the molecule is CN1CC(Cc2ccc(F)cc2)NCC1=O. The number of hydrogen-bond acceptors (Lipinski definition) is 2. The van der Waals surface area contributed by atoms with Gasteiger partial charge in [0.1, 0.15) is 5.82 Å². The quantitative estimate of drug-likeness (QED) is 0.802. The molecule has 3 nitrogen and oxygen atoms in total. The number of halogens is 1. The molecule has 1 heterocycles. The first-order chi connectivity index (χ1) is 7.65. The molecule has 1 atom stereocenters. The average Bonchev–Trinajstić information content (AvgIpc) is 2.27. The number of likely N-dealkylation sites (N-methyl/N-ethyl adjacent to an activating group) is 1. The lowest BCUT2D eigenvalue weighted by Crippen LogP contribution is -2.53. The van der Waals surface area contributed by atoms with Crippen LogP contribution in [0.2, 0.25) is 0 Å². The Kier molecular flexibility index (Phi) is 3.19. The van der Waals surface area contributed by atoms with Crippen molar-refractivity contribution in [2.45, 2.75) is 12.5 Å². The van der Waals surface area contributed by atoms with E-state index in [-0.39, 0.29) is 17.8 Å². The Labute approximate surface area is 94.3 Å². The molecule has 1 aliphatic heterocycles. The minimum absolute atomic E-state index is 0.121. The third-order valence-corrected chi connectivity index (χ3v) is 2.86. The second-order valence-electron chi connectivity index (χ2n) is 4.18. The largest absolute Gasteiger partial charge is 0.343 e. The van der Waals surface area contributed by atoms with Gasteiger partial charge in [0.15, 0.2) is 0 Å². The van der Waals surface area contributed by atoms with Crippen LogP contribution in [0.1, 0.15) is 5.56 Å². The highest BCUT2D eigenvalue weighted by Crippen LogP contribution is 2.08. The van der Waals surface area contributed by atoms with Crippen LogP contribution < -0.4 is 5.32 Å². The van der Waals surface area contributed by atoms with Gasteiger partial charge in [-0.3, -0.25) is 4.79 Å². The number of benzene rings is 1. The highest BCUT2D eigenvalue weighted by Gasteiger charge is 2.21. The molecule has 0 bridgehead atoms. The number of rotatable bonds is 2. The van der Waals surface area contributed by atoms with E-state index in [2.05, 4.69) is 5.32 Å². The molecular formula is C12H15FN2O. The number of hydrogen-bond donors (Lipinski definition) is 1. The molecule has 1 amide bonds. The van der Waals surface area contributed by atoms with Gasteiger partial charge in [-0.1, -0.05) is 12.1 Å². The predicted molar refractivity (Wildman–Crippen MR) is 59.5 cm³/mol. The van der Waals surface area contributed by atoms with Crippen LogP contribution in [0.25, 0.3) is 0 Å². The molecule has 1 aliphatic rings. The number of carbonyl (C=O) groups is 1. The third-order valence-electron chi connectivity index (χ3n) is 2.86. The van der Waals surface area contributed by atoms with Crippen LogP contribution in [0.15, 0.2) is 24.3 Å². The molecule has 0 aliphatic carbocycles. The summed E-state index contributed by atoms with van der Waals surface area (Å²) in [7, 11) is 1.81. The molecule has 1 fully saturated rings. The van der Waals surface area contributed by atoms with Crippen molar-refractivity contribution in [2.75, 3.05) is 20.1 Å². The Morgan fingerprint density at radius 1 is 1.44 bits per heavy atom. The van der Waals surface area contributed by atoms with Crippen LogP contribution in [-0.2, 0) is 11.2 Å². The normalized spacial score (nSPS) is 21.2. The van der Waals surface area contributed by atoms with Gasteiger partial charge in [-0.25, -0.2) is 4.39 Å². The Bertz CT molecular complexity index is 377. The summed E-state index contributed by atoms with van der Waals surface area (Å²) in [6.07, 6.45) is 0.817. The van der Waals surface area contributed by atoms with Crippen LogP contribution >= 0.6 is 0 Å². The van der Waals surface area contributed by atoms with Crippen molar-refractivity contribution in [2.24, 2.45) is 0 Å². The molecule has 0 radical (unpaired) electrons. The van der Waals surface area contributed by atoms with Crippen molar-refractivity contribution in [3.8, 4) is 0 Å². The number of piperazine rings is 1. The molecule has 1 unspecified atom stereocenters. The zero-order valence-corrected chi connectivity index (χ0v) is 9.24. The summed E-state index contributed by atoms with van der Waals surface area (Å²) in [5.74, 6) is -0.0944. The van der Waals surface area contributed by atoms with Gasteiger partial charge in [0.05, 0.1) is 6.54 Å². The van der Waals surface area contributed by atoms with Crippen LogP contribution in [-0.4, -0.2) is 37.0 Å². The average molecular weight is 222 g/mol. The summed E-state index contributed by atoms with van der Waals surface area (Å²) >= 11 is 0. The lowest BCUT2D eigenvalue weighted by Gasteiger charge is -2.30. The van der Waals surface area contributed by atoms with Crippen molar-refractivity contribution >= 4 is 5.91 Å². The molecule has 86 valence electrons. The Hall–Kier alpha value is -1.42. The molecule has 1 saturated heterocycles. The van der Waals surface area contributed by atoms with Gasteiger partial charge < -0.3 is 10.2 Å². The van der Waals surface area contributed by atoms with E-state index in [0.717, 1.165) is 12.0 Å². The molecular weight excluding hydrogens is 207 g/mol. The van der Waals surface area contributed by atoms with Crippen molar-refractivity contribution in [1.29, 1.82) is 0 Å². The molecule has 2 rings (SSSR count). The first-order valence-corrected chi connectivity index (χ1v) is 5.37. The smallest absolute Gasteiger partial charge is 0.236 e. The summed E-state index contributed by atoms with van der Waals surface area (Å²) in [5, 5.41) is 3.18. The fourth-order valence-electron chi connectivity index (χ4n) is 1.91. The molecule has 0 saturated carbocycles. The maximum Gasteiger partial charge on any atom is 0.236 e. The van der Waals surface area contributed by atoms with Gasteiger partial charge in [0.25, 0.3) is 0 Å². The van der Waals surface area contributed by atoms with E-state index in [1.54, 1.807) is 24.1 Å². The zero-order valence-electron chi connectivity index (χ0n) is 9.24. The van der Waals surface area contributed by atoms with E-state index in [1.165, 1.54) is 12.1 Å². The first kappa shape index (κ1) is 11.1. The fraction of sp³-hybridized carbons (Fsp3) is 0.417. The van der Waals surface area contributed by atoms with Crippen LogP contribution in [0.5, 0.6) is 0 Å². The predicted octanol–water partition coefficient (Wildman–Crippen LogP) is 0.798. The zero-order chi connectivity index (χ0) is 11.5. The maximum absolute atomic E-state index is 12.7. The van der Waals surface area contributed by atoms with Crippen molar-refractivity contribution in [3.63, 3.8) is 0 Å². The van der Waals surface area contributed by atoms with Gasteiger partial charge in [-0.05, 0) is 24.1 Å². The maximum atomic E-state index is 12.7. The molecule has 1 aromatic carbocycles. The number of nitrogens with zero attached hydrogens (tertiary/aromatic N) is 1.